The fraction of sp³-hybridized carbons (Fsp3) is 0.438. The third-order valence-corrected chi connectivity index (χ3v) is 3.20. The molecule has 0 heterocycles. The molecule has 1 amide bonds. The van der Waals surface area contributed by atoms with Gasteiger partial charge in [-0.15, -0.1) is 0 Å². The largest absolute Gasteiger partial charge is 0.384 e. The van der Waals surface area contributed by atoms with Gasteiger partial charge in [-0.05, 0) is 31.5 Å². The number of rotatable bonds is 4. The molecule has 0 aliphatic heterocycles. The van der Waals surface area contributed by atoms with Crippen LogP contribution in [-0.2, 0) is 0 Å². The summed E-state index contributed by atoms with van der Waals surface area (Å²) in [5, 5.41) is 8.66. The summed E-state index contributed by atoms with van der Waals surface area (Å²) < 4.78 is 13.8. The van der Waals surface area contributed by atoms with Crippen molar-refractivity contribution in [2.75, 3.05) is 13.7 Å². The van der Waals surface area contributed by atoms with E-state index >= 15 is 0 Å². The van der Waals surface area contributed by atoms with Crippen LogP contribution in [-0.4, -0.2) is 35.6 Å². The number of nitrogens with zero attached hydrogens (tertiary/aromatic N) is 1. The molecule has 1 N–H and O–H groups in total. The van der Waals surface area contributed by atoms with Gasteiger partial charge < -0.3 is 10.0 Å². The summed E-state index contributed by atoms with van der Waals surface area (Å²) in [7, 11) is 1.67. The Bertz CT molecular complexity index is 531. The summed E-state index contributed by atoms with van der Waals surface area (Å²) >= 11 is 0. The minimum Gasteiger partial charge on any atom is -0.384 e. The number of aliphatic hydroxyl groups is 1. The van der Waals surface area contributed by atoms with Crippen molar-refractivity contribution in [1.29, 1.82) is 0 Å². The second-order valence-corrected chi connectivity index (χ2v) is 4.71. The van der Waals surface area contributed by atoms with E-state index in [1.54, 1.807) is 11.9 Å². The quantitative estimate of drug-likeness (QED) is 0.859. The Balaban J connectivity index is 3.02. The van der Waals surface area contributed by atoms with Crippen molar-refractivity contribution in [2.45, 2.75) is 32.7 Å². The van der Waals surface area contributed by atoms with Gasteiger partial charge in [-0.25, -0.2) is 4.39 Å². The molecule has 3 nitrogen and oxygen atoms in total. The zero-order chi connectivity index (χ0) is 15.1. The summed E-state index contributed by atoms with van der Waals surface area (Å²) in [6.07, 6.45) is 1.83. The molecule has 0 aliphatic carbocycles. The first-order valence-electron chi connectivity index (χ1n) is 6.67. The summed E-state index contributed by atoms with van der Waals surface area (Å²) in [5.74, 6) is 4.25. The number of carbonyl (C=O) groups is 1. The number of amides is 1. The standard InChI is InChI=1S/C16H20FNO2/c1-4-6-12(2)18(3)16(20)14-11-13(7-5-10-19)8-9-15(14)17/h8-9,11-12,19H,4,6,10H2,1-3H3. The van der Waals surface area contributed by atoms with Crippen molar-refractivity contribution in [2.24, 2.45) is 0 Å². The van der Waals surface area contributed by atoms with Gasteiger partial charge in [0.2, 0.25) is 0 Å². The molecule has 0 fully saturated rings. The van der Waals surface area contributed by atoms with Gasteiger partial charge in [0.15, 0.2) is 0 Å². The second-order valence-electron chi connectivity index (χ2n) is 4.71. The molecule has 20 heavy (non-hydrogen) atoms. The third kappa shape index (κ3) is 4.07. The van der Waals surface area contributed by atoms with E-state index in [1.807, 2.05) is 13.8 Å². The van der Waals surface area contributed by atoms with Crippen LogP contribution in [0.3, 0.4) is 0 Å². The van der Waals surface area contributed by atoms with E-state index in [1.165, 1.54) is 18.2 Å². The van der Waals surface area contributed by atoms with Crippen molar-refractivity contribution < 1.29 is 14.3 Å². The lowest BCUT2D eigenvalue weighted by Gasteiger charge is -2.25. The molecular weight excluding hydrogens is 257 g/mol. The van der Waals surface area contributed by atoms with Gasteiger partial charge in [0.05, 0.1) is 5.56 Å². The number of benzene rings is 1. The SMILES string of the molecule is CCCC(C)N(C)C(=O)c1cc(C#CCO)ccc1F. The number of hydrogen-bond acceptors (Lipinski definition) is 2. The van der Waals surface area contributed by atoms with Crippen LogP contribution in [0.15, 0.2) is 18.2 Å². The molecule has 4 heteroatoms. The first kappa shape index (κ1) is 16.2. The first-order valence-corrected chi connectivity index (χ1v) is 6.67. The summed E-state index contributed by atoms with van der Waals surface area (Å²) in [6.45, 7) is 3.71. The molecule has 1 unspecified atom stereocenters. The van der Waals surface area contributed by atoms with Gasteiger partial charge in [-0.1, -0.05) is 25.2 Å². The fourth-order valence-corrected chi connectivity index (χ4v) is 1.91. The third-order valence-electron chi connectivity index (χ3n) is 3.20. The molecule has 108 valence electrons. The van der Waals surface area contributed by atoms with Crippen LogP contribution in [0.2, 0.25) is 0 Å². The molecule has 1 atom stereocenters. The van der Waals surface area contributed by atoms with E-state index < -0.39 is 5.82 Å². The van der Waals surface area contributed by atoms with E-state index in [0.717, 1.165) is 12.8 Å². The van der Waals surface area contributed by atoms with Gasteiger partial charge >= 0.3 is 0 Å². The second kappa shape index (κ2) is 7.66. The molecule has 0 radical (unpaired) electrons. The lowest BCUT2D eigenvalue weighted by molar-refractivity contribution is 0.0732. The Morgan fingerprint density at radius 3 is 2.80 bits per heavy atom. The number of halogens is 1. The fourth-order valence-electron chi connectivity index (χ4n) is 1.91. The highest BCUT2D eigenvalue weighted by atomic mass is 19.1. The van der Waals surface area contributed by atoms with Crippen molar-refractivity contribution >= 4 is 5.91 Å². The van der Waals surface area contributed by atoms with Gasteiger partial charge in [-0.2, -0.15) is 0 Å². The van der Waals surface area contributed by atoms with Gasteiger partial charge in [0.1, 0.15) is 12.4 Å². The zero-order valence-electron chi connectivity index (χ0n) is 12.1. The van der Waals surface area contributed by atoms with Crippen molar-refractivity contribution in [3.63, 3.8) is 0 Å². The topological polar surface area (TPSA) is 40.5 Å². The highest BCUT2D eigenvalue weighted by molar-refractivity contribution is 5.94. The number of hydrogen-bond donors (Lipinski definition) is 1. The molecule has 0 bridgehead atoms. The Labute approximate surface area is 119 Å². The Hall–Kier alpha value is -1.86. The van der Waals surface area contributed by atoms with Gasteiger partial charge in [0.25, 0.3) is 5.91 Å². The van der Waals surface area contributed by atoms with Crippen molar-refractivity contribution in [1.82, 2.24) is 4.90 Å². The maximum atomic E-state index is 13.8. The molecule has 0 saturated heterocycles. The van der Waals surface area contributed by atoms with Crippen LogP contribution >= 0.6 is 0 Å². The molecule has 0 saturated carbocycles. The lowest BCUT2D eigenvalue weighted by Crippen LogP contribution is -2.35. The maximum absolute atomic E-state index is 13.8. The van der Waals surface area contributed by atoms with Crippen LogP contribution in [0.5, 0.6) is 0 Å². The Morgan fingerprint density at radius 2 is 2.20 bits per heavy atom. The Morgan fingerprint density at radius 1 is 1.50 bits per heavy atom. The van der Waals surface area contributed by atoms with Crippen molar-refractivity contribution in [3.05, 3.63) is 35.1 Å². The molecule has 0 aromatic heterocycles. The van der Waals surface area contributed by atoms with E-state index in [0.29, 0.717) is 5.56 Å². The highest BCUT2D eigenvalue weighted by Gasteiger charge is 2.20. The molecule has 1 rings (SSSR count). The van der Waals surface area contributed by atoms with Crippen molar-refractivity contribution in [3.8, 4) is 11.8 Å². The lowest BCUT2D eigenvalue weighted by atomic mass is 10.1. The maximum Gasteiger partial charge on any atom is 0.256 e. The number of aliphatic hydroxyl groups excluding tert-OH is 1. The predicted molar refractivity (Wildman–Crippen MR) is 76.8 cm³/mol. The molecule has 1 aromatic carbocycles. The monoisotopic (exact) mass is 277 g/mol. The van der Waals surface area contributed by atoms with Crippen LogP contribution in [0.1, 0.15) is 42.6 Å². The van der Waals surface area contributed by atoms with Gasteiger partial charge in [0, 0.05) is 18.7 Å². The predicted octanol–water partition coefficient (Wildman–Crippen LogP) is 2.43. The first-order chi connectivity index (χ1) is 9.51. The Kier molecular flexibility index (Phi) is 6.20. The van der Waals surface area contributed by atoms with Crippen LogP contribution in [0.4, 0.5) is 4.39 Å². The summed E-state index contributed by atoms with van der Waals surface area (Å²) in [5.41, 5.74) is 0.528. The van der Waals surface area contributed by atoms with E-state index in [2.05, 4.69) is 11.8 Å². The van der Waals surface area contributed by atoms with Crippen LogP contribution in [0, 0.1) is 17.7 Å². The minimum atomic E-state index is -0.555. The number of carbonyl (C=O) groups excluding carboxylic acids is 1. The summed E-state index contributed by atoms with van der Waals surface area (Å²) in [6, 6.07) is 4.20. The smallest absolute Gasteiger partial charge is 0.256 e. The minimum absolute atomic E-state index is 0.0141. The van der Waals surface area contributed by atoms with E-state index in [-0.39, 0.29) is 24.1 Å². The average molecular weight is 277 g/mol. The molecule has 1 aromatic rings. The normalized spacial score (nSPS) is 11.4. The molecule has 0 spiro atoms. The van der Waals surface area contributed by atoms with Crippen LogP contribution < -0.4 is 0 Å². The average Bonchev–Trinajstić information content (AvgIpc) is 2.45. The van der Waals surface area contributed by atoms with E-state index in [4.69, 9.17) is 5.11 Å². The highest BCUT2D eigenvalue weighted by Crippen LogP contribution is 2.15. The molecule has 0 aliphatic rings. The molecular formula is C16H20FNO2. The van der Waals surface area contributed by atoms with E-state index in [9.17, 15) is 9.18 Å². The summed E-state index contributed by atoms with van der Waals surface area (Å²) in [4.78, 5) is 13.8. The van der Waals surface area contributed by atoms with Gasteiger partial charge in [-0.3, -0.25) is 4.79 Å². The van der Waals surface area contributed by atoms with Crippen LogP contribution in [0.25, 0.3) is 0 Å². The zero-order valence-corrected chi connectivity index (χ0v) is 12.1.